The second kappa shape index (κ2) is 4.50. The van der Waals surface area contributed by atoms with Gasteiger partial charge in [0, 0.05) is 0 Å². The van der Waals surface area contributed by atoms with Gasteiger partial charge in [-0.3, -0.25) is 9.59 Å². The van der Waals surface area contributed by atoms with E-state index in [4.69, 9.17) is 0 Å². The number of aldehydes is 1. The number of rotatable bonds is 3. The molecule has 0 aliphatic heterocycles. The molecule has 0 saturated carbocycles. The smallest absolute Gasteiger partial charge is 0.309 e. The maximum atomic E-state index is 13.0. The zero-order valence-corrected chi connectivity index (χ0v) is 7.62. The molecule has 4 heteroatoms. The molecule has 1 aromatic carbocycles. The third-order valence-corrected chi connectivity index (χ3v) is 1.77. The molecule has 74 valence electrons. The summed E-state index contributed by atoms with van der Waals surface area (Å²) in [4.78, 5) is 21.1. The number of ether oxygens (including phenoxy) is 1. The van der Waals surface area contributed by atoms with Crippen molar-refractivity contribution in [1.82, 2.24) is 0 Å². The van der Waals surface area contributed by atoms with Crippen LogP contribution in [0, 0.1) is 5.82 Å². The summed E-state index contributed by atoms with van der Waals surface area (Å²) in [5, 5.41) is 0. The van der Waals surface area contributed by atoms with E-state index in [2.05, 4.69) is 4.74 Å². The van der Waals surface area contributed by atoms with Crippen LogP contribution in [0.1, 0.15) is 15.9 Å². The Labute approximate surface area is 80.5 Å². The Morgan fingerprint density at radius 2 is 2.29 bits per heavy atom. The zero-order chi connectivity index (χ0) is 10.6. The molecule has 3 nitrogen and oxygen atoms in total. The molecule has 1 rings (SSSR count). The Kier molecular flexibility index (Phi) is 3.34. The van der Waals surface area contributed by atoms with Crippen molar-refractivity contribution in [2.75, 3.05) is 7.11 Å². The quantitative estimate of drug-likeness (QED) is 0.541. The third kappa shape index (κ3) is 2.39. The van der Waals surface area contributed by atoms with Gasteiger partial charge in [-0.15, -0.1) is 0 Å². The first kappa shape index (κ1) is 10.4. The van der Waals surface area contributed by atoms with Gasteiger partial charge in [0.2, 0.25) is 0 Å². The Bertz CT molecular complexity index is 360. The molecule has 0 N–H and O–H groups in total. The highest BCUT2D eigenvalue weighted by Gasteiger charge is 2.06. The number of hydrogen-bond donors (Lipinski definition) is 0. The summed E-state index contributed by atoms with van der Waals surface area (Å²) in [6.45, 7) is 0. The molecule has 0 atom stereocenters. The molecule has 0 radical (unpaired) electrons. The fraction of sp³-hybridized carbons (Fsp3) is 0.200. The lowest BCUT2D eigenvalue weighted by Gasteiger charge is -2.01. The number of esters is 1. The first-order valence-electron chi connectivity index (χ1n) is 3.97. The van der Waals surface area contributed by atoms with Gasteiger partial charge in [0.1, 0.15) is 5.82 Å². The van der Waals surface area contributed by atoms with Crippen LogP contribution >= 0.6 is 0 Å². The van der Waals surface area contributed by atoms with E-state index in [1.807, 2.05) is 0 Å². The molecule has 14 heavy (non-hydrogen) atoms. The number of halogens is 1. The summed E-state index contributed by atoms with van der Waals surface area (Å²) in [6.07, 6.45) is 0.434. The average Bonchev–Trinajstić information content (AvgIpc) is 2.18. The van der Waals surface area contributed by atoms with Crippen LogP contribution < -0.4 is 0 Å². The van der Waals surface area contributed by atoms with Crippen LogP contribution in [0.25, 0.3) is 0 Å². The van der Waals surface area contributed by atoms with Gasteiger partial charge in [-0.25, -0.2) is 4.39 Å². The number of carbonyl (C=O) groups excluding carboxylic acids is 2. The van der Waals surface area contributed by atoms with E-state index in [0.29, 0.717) is 11.8 Å². The highest BCUT2D eigenvalue weighted by atomic mass is 19.1. The standard InChI is InChI=1S/C10H9FO3/c1-14-10(13)5-7-2-3-8(6-12)9(11)4-7/h2-4,6H,5H2,1H3. The lowest BCUT2D eigenvalue weighted by molar-refractivity contribution is -0.139. The minimum absolute atomic E-state index is 0.00651. The van der Waals surface area contributed by atoms with E-state index in [-0.39, 0.29) is 12.0 Å². The van der Waals surface area contributed by atoms with Gasteiger partial charge in [-0.1, -0.05) is 6.07 Å². The van der Waals surface area contributed by atoms with Crippen molar-refractivity contribution in [2.24, 2.45) is 0 Å². The topological polar surface area (TPSA) is 43.4 Å². The van der Waals surface area contributed by atoms with Crippen LogP contribution in [0.15, 0.2) is 18.2 Å². The molecule has 0 aliphatic carbocycles. The van der Waals surface area contributed by atoms with Crippen molar-refractivity contribution in [3.63, 3.8) is 0 Å². The lowest BCUT2D eigenvalue weighted by atomic mass is 10.1. The SMILES string of the molecule is COC(=O)Cc1ccc(C=O)c(F)c1. The second-order valence-electron chi connectivity index (χ2n) is 2.73. The Balaban J connectivity index is 2.86. The molecule has 0 saturated heterocycles. The molecule has 0 heterocycles. The first-order valence-corrected chi connectivity index (χ1v) is 3.97. The van der Waals surface area contributed by atoms with Crippen molar-refractivity contribution >= 4 is 12.3 Å². The highest BCUT2D eigenvalue weighted by molar-refractivity contribution is 5.76. The fourth-order valence-electron chi connectivity index (χ4n) is 1.02. The fourth-order valence-corrected chi connectivity index (χ4v) is 1.02. The van der Waals surface area contributed by atoms with Gasteiger partial charge in [0.15, 0.2) is 6.29 Å². The number of benzene rings is 1. The minimum atomic E-state index is -0.624. The molecule has 0 aliphatic rings. The van der Waals surface area contributed by atoms with E-state index in [0.717, 1.165) is 6.07 Å². The normalized spacial score (nSPS) is 9.57. The predicted octanol–water partition coefficient (Wildman–Crippen LogP) is 1.35. The van der Waals surface area contributed by atoms with Crippen LogP contribution in [-0.2, 0) is 16.0 Å². The molecule has 0 bridgehead atoms. The molecule has 0 unspecified atom stereocenters. The van der Waals surface area contributed by atoms with Crippen LogP contribution in [0.2, 0.25) is 0 Å². The van der Waals surface area contributed by atoms with Gasteiger partial charge in [0.25, 0.3) is 0 Å². The monoisotopic (exact) mass is 196 g/mol. The van der Waals surface area contributed by atoms with Crippen molar-refractivity contribution in [3.05, 3.63) is 35.1 Å². The molecule has 0 amide bonds. The molecular weight excluding hydrogens is 187 g/mol. The van der Waals surface area contributed by atoms with E-state index in [1.54, 1.807) is 0 Å². The van der Waals surface area contributed by atoms with E-state index >= 15 is 0 Å². The van der Waals surface area contributed by atoms with Gasteiger partial charge < -0.3 is 4.74 Å². The third-order valence-electron chi connectivity index (χ3n) is 1.77. The van der Waals surface area contributed by atoms with E-state index in [9.17, 15) is 14.0 Å². The van der Waals surface area contributed by atoms with Crippen molar-refractivity contribution in [3.8, 4) is 0 Å². The van der Waals surface area contributed by atoms with Crippen molar-refractivity contribution < 1.29 is 18.7 Å². The summed E-state index contributed by atoms with van der Waals surface area (Å²) >= 11 is 0. The largest absolute Gasteiger partial charge is 0.469 e. The van der Waals surface area contributed by atoms with Gasteiger partial charge in [-0.2, -0.15) is 0 Å². The molecular formula is C10H9FO3. The lowest BCUT2D eigenvalue weighted by Crippen LogP contribution is -2.05. The molecule has 1 aromatic rings. The second-order valence-corrected chi connectivity index (χ2v) is 2.73. The number of methoxy groups -OCH3 is 1. The highest BCUT2D eigenvalue weighted by Crippen LogP contribution is 2.09. The van der Waals surface area contributed by atoms with E-state index < -0.39 is 11.8 Å². The number of carbonyl (C=O) groups is 2. The van der Waals surface area contributed by atoms with Gasteiger partial charge >= 0.3 is 5.97 Å². The molecule has 0 aromatic heterocycles. The van der Waals surface area contributed by atoms with Crippen LogP contribution in [-0.4, -0.2) is 19.4 Å². The zero-order valence-electron chi connectivity index (χ0n) is 7.62. The van der Waals surface area contributed by atoms with Crippen LogP contribution in [0.5, 0.6) is 0 Å². The average molecular weight is 196 g/mol. The molecule has 0 spiro atoms. The molecule has 0 fully saturated rings. The predicted molar refractivity (Wildman–Crippen MR) is 47.5 cm³/mol. The Morgan fingerprint density at radius 3 is 2.79 bits per heavy atom. The van der Waals surface area contributed by atoms with E-state index in [1.165, 1.54) is 19.2 Å². The van der Waals surface area contributed by atoms with Crippen molar-refractivity contribution in [1.29, 1.82) is 0 Å². The van der Waals surface area contributed by atoms with Gasteiger partial charge in [0.05, 0.1) is 19.1 Å². The van der Waals surface area contributed by atoms with Crippen molar-refractivity contribution in [2.45, 2.75) is 6.42 Å². The maximum Gasteiger partial charge on any atom is 0.309 e. The Morgan fingerprint density at radius 1 is 1.57 bits per heavy atom. The van der Waals surface area contributed by atoms with Gasteiger partial charge in [-0.05, 0) is 17.7 Å². The summed E-state index contributed by atoms with van der Waals surface area (Å²) in [5.41, 5.74) is 0.471. The Hall–Kier alpha value is -1.71. The summed E-state index contributed by atoms with van der Waals surface area (Å²) < 4.78 is 17.4. The first-order chi connectivity index (χ1) is 6.67. The summed E-state index contributed by atoms with van der Waals surface area (Å²) in [5.74, 6) is -1.07. The van der Waals surface area contributed by atoms with Crippen LogP contribution in [0.4, 0.5) is 4.39 Å². The number of hydrogen-bond acceptors (Lipinski definition) is 3. The van der Waals surface area contributed by atoms with Crippen LogP contribution in [0.3, 0.4) is 0 Å². The maximum absolute atomic E-state index is 13.0. The minimum Gasteiger partial charge on any atom is -0.469 e. The summed E-state index contributed by atoms with van der Waals surface area (Å²) in [6, 6.07) is 4.00. The summed E-state index contributed by atoms with van der Waals surface area (Å²) in [7, 11) is 1.26.